The molecule has 0 fully saturated rings. The highest BCUT2D eigenvalue weighted by Crippen LogP contribution is 2.28. The molecule has 0 bridgehead atoms. The number of fused-ring (bicyclic) bond motifs is 1. The first kappa shape index (κ1) is 23.8. The van der Waals surface area contributed by atoms with Crippen molar-refractivity contribution in [1.29, 1.82) is 0 Å². The summed E-state index contributed by atoms with van der Waals surface area (Å²) >= 11 is 0. The van der Waals surface area contributed by atoms with E-state index in [0.717, 1.165) is 34.5 Å². The Morgan fingerprint density at radius 3 is 2.54 bits per heavy atom. The number of alkyl halides is 3. The fourth-order valence-electron chi connectivity index (χ4n) is 3.67. The highest BCUT2D eigenvalue weighted by Gasteiger charge is 2.27. The molecule has 3 amide bonds. The number of hydrogen-bond acceptors (Lipinski definition) is 3. The number of amides is 3. The van der Waals surface area contributed by atoms with Crippen LogP contribution in [0.25, 0.3) is 28.0 Å². The van der Waals surface area contributed by atoms with Gasteiger partial charge in [-0.3, -0.25) is 9.20 Å². The number of pyridine rings is 1. The van der Waals surface area contributed by atoms with Crippen molar-refractivity contribution in [2.24, 2.45) is 0 Å². The first-order valence-corrected chi connectivity index (χ1v) is 10.8. The fraction of sp³-hybridized carbons (Fsp3) is 0.160. The average Bonchev–Trinajstić information content (AvgIpc) is 3.27. The van der Waals surface area contributed by atoms with Gasteiger partial charge < -0.3 is 15.5 Å². The van der Waals surface area contributed by atoms with Crippen molar-refractivity contribution < 1.29 is 22.8 Å². The van der Waals surface area contributed by atoms with Crippen LogP contribution in [0.5, 0.6) is 0 Å². The lowest BCUT2D eigenvalue weighted by atomic mass is 10.1. The molecule has 0 spiro atoms. The average molecular weight is 481 g/mol. The number of nitrogens with zero attached hydrogens (tertiary/aromatic N) is 3. The van der Waals surface area contributed by atoms with Crippen LogP contribution in [0.15, 0.2) is 73.1 Å². The zero-order valence-electron chi connectivity index (χ0n) is 18.7. The summed E-state index contributed by atoms with van der Waals surface area (Å²) in [6.07, 6.45) is -0.136. The molecule has 180 valence electrons. The van der Waals surface area contributed by atoms with E-state index in [1.165, 1.54) is 0 Å². The van der Waals surface area contributed by atoms with Crippen LogP contribution >= 0.6 is 0 Å². The zero-order chi connectivity index (χ0) is 25.0. The van der Waals surface area contributed by atoms with E-state index >= 15 is 0 Å². The van der Waals surface area contributed by atoms with Crippen molar-refractivity contribution in [3.8, 4) is 22.4 Å². The maximum Gasteiger partial charge on any atom is 0.405 e. The minimum atomic E-state index is -4.49. The fourth-order valence-corrected chi connectivity index (χ4v) is 3.67. The van der Waals surface area contributed by atoms with E-state index < -0.39 is 18.8 Å². The van der Waals surface area contributed by atoms with Crippen molar-refractivity contribution in [2.75, 3.05) is 23.3 Å². The summed E-state index contributed by atoms with van der Waals surface area (Å²) < 4.78 is 38.8. The Labute approximate surface area is 199 Å². The van der Waals surface area contributed by atoms with Crippen molar-refractivity contribution >= 4 is 29.5 Å². The normalized spacial score (nSPS) is 11.3. The standard InChI is InChI=1S/C25H22F3N5O2/c1-2-32(16-34)21-8-4-5-17(12-21)18-9-10-33-22(14-29-23(33)13-18)19-6-3-7-20(11-19)31-24(35)30-15-25(26,27)28/h3-14,16H,2,15H2,1H3,(H2,30,31,35). The minimum absolute atomic E-state index is 0.348. The Kier molecular flexibility index (Phi) is 6.72. The Bertz CT molecular complexity index is 1370. The van der Waals surface area contributed by atoms with Gasteiger partial charge in [0.25, 0.3) is 0 Å². The predicted octanol–water partition coefficient (Wildman–Crippen LogP) is 5.33. The van der Waals surface area contributed by atoms with Gasteiger partial charge in [-0.2, -0.15) is 13.2 Å². The maximum absolute atomic E-state index is 12.3. The third-order valence-corrected chi connectivity index (χ3v) is 5.36. The van der Waals surface area contributed by atoms with Crippen LogP contribution in [-0.2, 0) is 4.79 Å². The van der Waals surface area contributed by atoms with E-state index in [-0.39, 0.29) is 0 Å². The molecule has 4 rings (SSSR count). The second-order valence-electron chi connectivity index (χ2n) is 7.73. The zero-order valence-corrected chi connectivity index (χ0v) is 18.7. The van der Waals surface area contributed by atoms with Crippen molar-refractivity contribution in [1.82, 2.24) is 14.7 Å². The van der Waals surface area contributed by atoms with Crippen LogP contribution in [0.3, 0.4) is 0 Å². The Balaban J connectivity index is 1.58. The third kappa shape index (κ3) is 5.60. The predicted molar refractivity (Wildman–Crippen MR) is 128 cm³/mol. The number of imidazole rings is 1. The largest absolute Gasteiger partial charge is 0.405 e. The Hall–Kier alpha value is -4.34. The number of carbonyl (C=O) groups is 2. The number of rotatable bonds is 7. The molecular weight excluding hydrogens is 459 g/mol. The molecular formula is C25H22F3N5O2. The molecule has 0 aliphatic rings. The first-order valence-electron chi connectivity index (χ1n) is 10.8. The lowest BCUT2D eigenvalue weighted by Crippen LogP contribution is -2.36. The van der Waals surface area contributed by atoms with Crippen LogP contribution < -0.4 is 15.5 Å². The number of nitrogens with one attached hydrogen (secondary N) is 2. The molecule has 4 aromatic rings. The van der Waals surface area contributed by atoms with Gasteiger partial charge in [-0.15, -0.1) is 0 Å². The molecule has 0 saturated heterocycles. The highest BCUT2D eigenvalue weighted by atomic mass is 19.4. The molecule has 0 radical (unpaired) electrons. The van der Waals surface area contributed by atoms with E-state index in [1.807, 2.05) is 60.0 Å². The number of halogens is 3. The van der Waals surface area contributed by atoms with E-state index in [4.69, 9.17) is 0 Å². The second kappa shape index (κ2) is 9.88. The van der Waals surface area contributed by atoms with Crippen molar-refractivity contribution in [2.45, 2.75) is 13.1 Å². The number of carbonyl (C=O) groups excluding carboxylic acids is 2. The molecule has 2 N–H and O–H groups in total. The van der Waals surface area contributed by atoms with Crippen LogP contribution in [-0.4, -0.2) is 41.1 Å². The van der Waals surface area contributed by atoms with Gasteiger partial charge in [-0.25, -0.2) is 9.78 Å². The van der Waals surface area contributed by atoms with Gasteiger partial charge in [0.2, 0.25) is 6.41 Å². The molecule has 0 unspecified atom stereocenters. The number of urea groups is 1. The summed E-state index contributed by atoms with van der Waals surface area (Å²) in [6, 6.07) is 17.3. The summed E-state index contributed by atoms with van der Waals surface area (Å²) in [4.78, 5) is 29.2. The van der Waals surface area contributed by atoms with Gasteiger partial charge in [-0.1, -0.05) is 24.3 Å². The number of benzene rings is 2. The molecule has 35 heavy (non-hydrogen) atoms. The molecule has 2 heterocycles. The molecule has 10 heteroatoms. The second-order valence-corrected chi connectivity index (χ2v) is 7.73. The number of anilines is 2. The van der Waals surface area contributed by atoms with E-state index in [2.05, 4.69) is 10.3 Å². The van der Waals surface area contributed by atoms with Crippen molar-refractivity contribution in [3.63, 3.8) is 0 Å². The quantitative estimate of drug-likeness (QED) is 0.350. The first-order chi connectivity index (χ1) is 16.8. The van der Waals surface area contributed by atoms with E-state index in [9.17, 15) is 22.8 Å². The molecule has 0 aliphatic heterocycles. The lowest BCUT2D eigenvalue weighted by molar-refractivity contribution is -0.122. The molecule has 7 nitrogen and oxygen atoms in total. The topological polar surface area (TPSA) is 78.7 Å². The van der Waals surface area contributed by atoms with Gasteiger partial charge >= 0.3 is 12.2 Å². The highest BCUT2D eigenvalue weighted by molar-refractivity contribution is 5.90. The molecule has 2 aromatic carbocycles. The summed E-state index contributed by atoms with van der Waals surface area (Å²) in [5.41, 5.74) is 5.17. The van der Waals surface area contributed by atoms with Gasteiger partial charge in [0, 0.05) is 29.7 Å². The summed E-state index contributed by atoms with van der Waals surface area (Å²) in [7, 11) is 0. The smallest absolute Gasteiger partial charge is 0.329 e. The Morgan fingerprint density at radius 1 is 1.06 bits per heavy atom. The number of hydrogen-bond donors (Lipinski definition) is 2. The summed E-state index contributed by atoms with van der Waals surface area (Å²) in [6.45, 7) is 1.05. The van der Waals surface area contributed by atoms with Crippen LogP contribution in [0.4, 0.5) is 29.3 Å². The Morgan fingerprint density at radius 2 is 1.80 bits per heavy atom. The minimum Gasteiger partial charge on any atom is -0.329 e. The summed E-state index contributed by atoms with van der Waals surface area (Å²) in [5.74, 6) is 0. The summed E-state index contributed by atoms with van der Waals surface area (Å²) in [5, 5.41) is 4.19. The monoisotopic (exact) mass is 481 g/mol. The van der Waals surface area contributed by atoms with E-state index in [1.54, 1.807) is 34.6 Å². The maximum atomic E-state index is 12.3. The molecule has 0 atom stereocenters. The van der Waals surface area contributed by atoms with Gasteiger partial charge in [0.1, 0.15) is 12.2 Å². The molecule has 2 aromatic heterocycles. The van der Waals surface area contributed by atoms with Crippen LogP contribution in [0, 0.1) is 0 Å². The van der Waals surface area contributed by atoms with Gasteiger partial charge in [-0.05, 0) is 54.4 Å². The van der Waals surface area contributed by atoms with Gasteiger partial charge in [0.05, 0.1) is 11.9 Å². The van der Waals surface area contributed by atoms with Gasteiger partial charge in [0.15, 0.2) is 0 Å². The van der Waals surface area contributed by atoms with Crippen LogP contribution in [0.2, 0.25) is 0 Å². The number of aromatic nitrogens is 2. The lowest BCUT2D eigenvalue weighted by Gasteiger charge is -2.16. The van der Waals surface area contributed by atoms with E-state index in [0.29, 0.717) is 17.9 Å². The molecule has 0 saturated carbocycles. The van der Waals surface area contributed by atoms with Crippen molar-refractivity contribution in [3.05, 3.63) is 73.1 Å². The third-order valence-electron chi connectivity index (χ3n) is 5.36. The van der Waals surface area contributed by atoms with Crippen LogP contribution in [0.1, 0.15) is 6.92 Å². The SMILES string of the molecule is CCN(C=O)c1cccc(-c2ccn3c(-c4cccc(NC(=O)NCC(F)(F)F)c4)cnc3c2)c1. The molecule has 0 aliphatic carbocycles.